The van der Waals surface area contributed by atoms with Crippen molar-refractivity contribution in [3.05, 3.63) is 23.8 Å². The van der Waals surface area contributed by atoms with Gasteiger partial charge in [-0.3, -0.25) is 4.79 Å². The highest BCUT2D eigenvalue weighted by Crippen LogP contribution is 2.27. The number of sulfonamides is 1. The van der Waals surface area contributed by atoms with Crippen LogP contribution in [0.25, 0.3) is 0 Å². The van der Waals surface area contributed by atoms with Crippen LogP contribution in [0, 0.1) is 5.92 Å². The fraction of sp³-hybridized carbons (Fsp3) is 0.652. The molecule has 1 heterocycles. The Bertz CT molecular complexity index is 955. The maximum atomic E-state index is 13.1. The molecule has 186 valence electrons. The van der Waals surface area contributed by atoms with E-state index in [2.05, 4.69) is 10.0 Å². The third kappa shape index (κ3) is 8.19. The Morgan fingerprint density at radius 2 is 1.70 bits per heavy atom. The maximum Gasteiger partial charge on any atom is 0.407 e. The first-order valence-electron chi connectivity index (χ1n) is 11.1. The summed E-state index contributed by atoms with van der Waals surface area (Å²) in [6.07, 6.45) is 1.01. The molecule has 1 saturated heterocycles. The number of methoxy groups -OCH3 is 1. The summed E-state index contributed by atoms with van der Waals surface area (Å²) in [6.45, 7) is 12.2. The Kier molecular flexibility index (Phi) is 8.40. The van der Waals surface area contributed by atoms with Gasteiger partial charge in [0, 0.05) is 30.7 Å². The number of amides is 2. The molecule has 0 radical (unpaired) electrons. The molecule has 1 fully saturated rings. The molecule has 1 aliphatic heterocycles. The molecular formula is C23H37N3O6S. The van der Waals surface area contributed by atoms with Crippen LogP contribution in [0.15, 0.2) is 23.1 Å². The van der Waals surface area contributed by atoms with Crippen molar-refractivity contribution in [2.75, 3.05) is 26.7 Å². The highest BCUT2D eigenvalue weighted by molar-refractivity contribution is 7.89. The molecule has 2 amide bonds. The summed E-state index contributed by atoms with van der Waals surface area (Å²) in [4.78, 5) is 26.6. The Morgan fingerprint density at radius 1 is 1.09 bits per heavy atom. The predicted molar refractivity (Wildman–Crippen MR) is 126 cm³/mol. The number of carbonyl (C=O) groups is 2. The van der Waals surface area contributed by atoms with Crippen molar-refractivity contribution >= 4 is 22.0 Å². The van der Waals surface area contributed by atoms with Crippen LogP contribution in [-0.2, 0) is 14.8 Å². The molecule has 0 aromatic heterocycles. The minimum absolute atomic E-state index is 0.0674. The van der Waals surface area contributed by atoms with Crippen molar-refractivity contribution in [3.8, 4) is 5.75 Å². The van der Waals surface area contributed by atoms with Gasteiger partial charge in [0.05, 0.1) is 7.11 Å². The number of hydrogen-bond acceptors (Lipinski definition) is 6. The standard InChI is InChI=1S/C23H37N3O6S/c1-22(2,3)25-33(29,30)19-14-17(8-9-18(19)31-7)20(27)26-12-10-16(11-13-26)15-24-21(28)32-23(4,5)6/h8-9,14,16,25H,10-13,15H2,1-7H3,(H,24,28). The zero-order chi connectivity index (χ0) is 25.0. The molecule has 1 aromatic rings. The third-order valence-electron chi connectivity index (χ3n) is 4.98. The molecule has 1 aliphatic rings. The molecule has 0 aliphatic carbocycles. The maximum absolute atomic E-state index is 13.1. The second-order valence-electron chi connectivity index (χ2n) is 10.3. The van der Waals surface area contributed by atoms with Gasteiger partial charge >= 0.3 is 6.09 Å². The summed E-state index contributed by atoms with van der Waals surface area (Å²) in [5.74, 6) is 0.183. The number of rotatable bonds is 6. The highest BCUT2D eigenvalue weighted by Gasteiger charge is 2.29. The van der Waals surface area contributed by atoms with Gasteiger partial charge in [-0.1, -0.05) is 0 Å². The third-order valence-corrected chi connectivity index (χ3v) is 6.76. The number of alkyl carbamates (subject to hydrolysis) is 1. The van der Waals surface area contributed by atoms with Crippen molar-refractivity contribution in [2.45, 2.75) is 70.4 Å². The fourth-order valence-corrected chi connectivity index (χ4v) is 5.16. The van der Waals surface area contributed by atoms with E-state index in [9.17, 15) is 18.0 Å². The summed E-state index contributed by atoms with van der Waals surface area (Å²) < 4.78 is 38.8. The number of likely N-dealkylation sites (tertiary alicyclic amines) is 1. The fourth-order valence-electron chi connectivity index (χ4n) is 3.54. The average molecular weight is 484 g/mol. The van der Waals surface area contributed by atoms with E-state index in [0.29, 0.717) is 19.6 Å². The molecule has 0 saturated carbocycles. The molecule has 1 aromatic carbocycles. The average Bonchev–Trinajstić information content (AvgIpc) is 2.68. The van der Waals surface area contributed by atoms with E-state index in [1.165, 1.54) is 19.2 Å². The van der Waals surface area contributed by atoms with Crippen LogP contribution in [0.3, 0.4) is 0 Å². The van der Waals surface area contributed by atoms with Gasteiger partial charge in [-0.25, -0.2) is 17.9 Å². The molecule has 0 bridgehead atoms. The second-order valence-corrected chi connectivity index (χ2v) is 12.0. The largest absolute Gasteiger partial charge is 0.495 e. The lowest BCUT2D eigenvalue weighted by Crippen LogP contribution is -2.42. The summed E-state index contributed by atoms with van der Waals surface area (Å²) in [5, 5.41) is 2.79. The van der Waals surface area contributed by atoms with Crippen molar-refractivity contribution in [1.29, 1.82) is 0 Å². The van der Waals surface area contributed by atoms with E-state index in [4.69, 9.17) is 9.47 Å². The molecular weight excluding hydrogens is 446 g/mol. The molecule has 0 unspecified atom stereocenters. The molecule has 2 rings (SSSR count). The molecule has 2 N–H and O–H groups in total. The zero-order valence-corrected chi connectivity index (χ0v) is 21.5. The van der Waals surface area contributed by atoms with Crippen molar-refractivity contribution in [1.82, 2.24) is 14.9 Å². The van der Waals surface area contributed by atoms with E-state index in [-0.39, 0.29) is 28.0 Å². The van der Waals surface area contributed by atoms with Crippen LogP contribution >= 0.6 is 0 Å². The number of nitrogens with zero attached hydrogens (tertiary/aromatic N) is 1. The lowest BCUT2D eigenvalue weighted by molar-refractivity contribution is 0.0500. The minimum atomic E-state index is -3.88. The number of ether oxygens (including phenoxy) is 2. The van der Waals surface area contributed by atoms with Crippen LogP contribution in [-0.4, -0.2) is 63.2 Å². The van der Waals surface area contributed by atoms with Crippen LogP contribution in [0.5, 0.6) is 5.75 Å². The van der Waals surface area contributed by atoms with E-state index in [1.807, 2.05) is 20.8 Å². The van der Waals surface area contributed by atoms with Gasteiger partial charge in [0.1, 0.15) is 16.2 Å². The Hall–Kier alpha value is -2.33. The van der Waals surface area contributed by atoms with Gasteiger partial charge < -0.3 is 19.7 Å². The number of benzene rings is 1. The first-order valence-corrected chi connectivity index (χ1v) is 12.6. The van der Waals surface area contributed by atoms with Gasteiger partial charge in [0.2, 0.25) is 10.0 Å². The highest BCUT2D eigenvalue weighted by atomic mass is 32.2. The topological polar surface area (TPSA) is 114 Å². The van der Waals surface area contributed by atoms with Gasteiger partial charge in [0.15, 0.2) is 0 Å². The molecule has 10 heteroatoms. The van der Waals surface area contributed by atoms with Gasteiger partial charge in [0.25, 0.3) is 5.91 Å². The van der Waals surface area contributed by atoms with E-state index < -0.39 is 27.3 Å². The van der Waals surface area contributed by atoms with Crippen molar-refractivity contribution < 1.29 is 27.5 Å². The minimum Gasteiger partial charge on any atom is -0.495 e. The predicted octanol–water partition coefficient (Wildman–Crippen LogP) is 3.15. The Labute approximate surface area is 197 Å². The van der Waals surface area contributed by atoms with Crippen LogP contribution in [0.2, 0.25) is 0 Å². The number of nitrogens with one attached hydrogen (secondary N) is 2. The summed E-state index contributed by atoms with van der Waals surface area (Å²) >= 11 is 0. The smallest absolute Gasteiger partial charge is 0.407 e. The van der Waals surface area contributed by atoms with Gasteiger partial charge in [-0.2, -0.15) is 0 Å². The number of carbonyl (C=O) groups excluding carboxylic acids is 2. The van der Waals surface area contributed by atoms with Gasteiger partial charge in [-0.05, 0) is 78.5 Å². The Balaban J connectivity index is 2.04. The van der Waals surface area contributed by atoms with E-state index in [0.717, 1.165) is 12.8 Å². The SMILES string of the molecule is COc1ccc(C(=O)N2CCC(CNC(=O)OC(C)(C)C)CC2)cc1S(=O)(=O)NC(C)(C)C. The van der Waals surface area contributed by atoms with Crippen molar-refractivity contribution in [2.24, 2.45) is 5.92 Å². The van der Waals surface area contributed by atoms with E-state index >= 15 is 0 Å². The monoisotopic (exact) mass is 483 g/mol. The first kappa shape index (κ1) is 26.9. The summed E-state index contributed by atoms with van der Waals surface area (Å²) in [5.41, 5.74) is -0.943. The summed E-state index contributed by atoms with van der Waals surface area (Å²) in [7, 11) is -2.49. The Morgan fingerprint density at radius 3 is 2.21 bits per heavy atom. The van der Waals surface area contributed by atoms with Crippen molar-refractivity contribution in [3.63, 3.8) is 0 Å². The lowest BCUT2D eigenvalue weighted by atomic mass is 9.96. The van der Waals surface area contributed by atoms with Crippen LogP contribution in [0.4, 0.5) is 4.79 Å². The number of piperidine rings is 1. The normalized spacial score (nSPS) is 15.8. The van der Waals surface area contributed by atoms with Crippen LogP contribution in [0.1, 0.15) is 64.7 Å². The molecule has 0 atom stereocenters. The summed E-state index contributed by atoms with van der Waals surface area (Å²) in [6, 6.07) is 4.45. The van der Waals surface area contributed by atoms with E-state index in [1.54, 1.807) is 31.7 Å². The van der Waals surface area contributed by atoms with Crippen LogP contribution < -0.4 is 14.8 Å². The number of hydrogen-bond donors (Lipinski definition) is 2. The van der Waals surface area contributed by atoms with Gasteiger partial charge in [-0.15, -0.1) is 0 Å². The quantitative estimate of drug-likeness (QED) is 0.643. The molecule has 33 heavy (non-hydrogen) atoms. The molecule has 0 spiro atoms. The first-order chi connectivity index (χ1) is 15.1. The lowest BCUT2D eigenvalue weighted by Gasteiger charge is -2.32. The molecule has 9 nitrogen and oxygen atoms in total. The second kappa shape index (κ2) is 10.3. The zero-order valence-electron chi connectivity index (χ0n) is 20.6.